The van der Waals surface area contributed by atoms with Crippen LogP contribution in [0.5, 0.6) is 0 Å². The van der Waals surface area contributed by atoms with E-state index in [1.165, 1.54) is 18.2 Å². The summed E-state index contributed by atoms with van der Waals surface area (Å²) in [6.45, 7) is 3.56. The Balaban J connectivity index is 1.80. The van der Waals surface area contributed by atoms with Gasteiger partial charge in [-0.15, -0.1) is 0 Å². The van der Waals surface area contributed by atoms with Gasteiger partial charge in [0.15, 0.2) is 0 Å². The van der Waals surface area contributed by atoms with Gasteiger partial charge in [-0.3, -0.25) is 14.9 Å². The van der Waals surface area contributed by atoms with Gasteiger partial charge in [-0.25, -0.2) is 17.2 Å². The minimum absolute atomic E-state index is 0.0783. The fraction of sp³-hybridized carbons (Fsp3) is 0.350. The summed E-state index contributed by atoms with van der Waals surface area (Å²) in [5, 5.41) is 14.3. The highest BCUT2D eigenvalue weighted by molar-refractivity contribution is 7.89. The Morgan fingerprint density at radius 2 is 1.75 bits per heavy atom. The van der Waals surface area contributed by atoms with Crippen LogP contribution in [0.1, 0.15) is 24.2 Å². The molecule has 2 aromatic carbocycles. The number of carbonyl (C=O) groups is 1. The maximum Gasteiger partial charge on any atom is 0.293 e. The molecule has 0 aromatic heterocycles. The third-order valence-electron chi connectivity index (χ3n) is 4.94. The lowest BCUT2D eigenvalue weighted by Gasteiger charge is -2.35. The zero-order chi connectivity index (χ0) is 23.6. The molecule has 0 aliphatic carbocycles. The SMILES string of the molecule is CC(C)NC(=O)c1ccc(N2CCN(S(=O)(=O)c3cc(F)ccc3F)CC2)c([N+](=O)[O-])c1. The molecule has 1 N–H and O–H groups in total. The first-order chi connectivity index (χ1) is 15.0. The molecule has 172 valence electrons. The van der Waals surface area contributed by atoms with E-state index in [2.05, 4.69) is 5.32 Å². The second-order valence-corrected chi connectivity index (χ2v) is 9.46. The van der Waals surface area contributed by atoms with Gasteiger partial charge >= 0.3 is 0 Å². The quantitative estimate of drug-likeness (QED) is 0.515. The largest absolute Gasteiger partial charge is 0.363 e. The van der Waals surface area contributed by atoms with Gasteiger partial charge in [0.2, 0.25) is 10.0 Å². The molecule has 1 amide bonds. The van der Waals surface area contributed by atoms with Crippen LogP contribution in [0.3, 0.4) is 0 Å². The fourth-order valence-corrected chi connectivity index (χ4v) is 4.91. The second-order valence-electron chi connectivity index (χ2n) is 7.55. The number of benzene rings is 2. The van der Waals surface area contributed by atoms with Crippen molar-refractivity contribution >= 4 is 27.3 Å². The maximum absolute atomic E-state index is 14.0. The molecule has 3 rings (SSSR count). The van der Waals surface area contributed by atoms with E-state index in [-0.39, 0.29) is 49.2 Å². The molecule has 12 heteroatoms. The lowest BCUT2D eigenvalue weighted by Crippen LogP contribution is -2.49. The highest BCUT2D eigenvalue weighted by atomic mass is 32.2. The molecule has 2 aromatic rings. The average molecular weight is 468 g/mol. The van der Waals surface area contributed by atoms with Crippen molar-refractivity contribution in [2.75, 3.05) is 31.1 Å². The van der Waals surface area contributed by atoms with Crippen LogP contribution in [0.2, 0.25) is 0 Å². The van der Waals surface area contributed by atoms with Crippen LogP contribution in [0, 0.1) is 21.7 Å². The summed E-state index contributed by atoms with van der Waals surface area (Å²) in [4.78, 5) is 24.0. The monoisotopic (exact) mass is 468 g/mol. The van der Waals surface area contributed by atoms with Crippen molar-refractivity contribution in [3.05, 3.63) is 63.7 Å². The molecule has 0 radical (unpaired) electrons. The smallest absolute Gasteiger partial charge is 0.293 e. The van der Waals surface area contributed by atoms with Gasteiger partial charge in [-0.2, -0.15) is 4.31 Å². The van der Waals surface area contributed by atoms with Crippen LogP contribution < -0.4 is 10.2 Å². The molecule has 0 spiro atoms. The molecular formula is C20H22F2N4O5S. The Morgan fingerprint density at radius 3 is 2.34 bits per heavy atom. The predicted molar refractivity (Wildman–Crippen MR) is 113 cm³/mol. The number of amides is 1. The second kappa shape index (κ2) is 9.17. The molecular weight excluding hydrogens is 446 g/mol. The van der Waals surface area contributed by atoms with E-state index in [0.717, 1.165) is 16.4 Å². The third-order valence-corrected chi connectivity index (χ3v) is 6.86. The Bertz CT molecular complexity index is 1150. The van der Waals surface area contributed by atoms with Crippen molar-refractivity contribution in [3.63, 3.8) is 0 Å². The van der Waals surface area contributed by atoms with E-state index in [4.69, 9.17) is 0 Å². The molecule has 1 aliphatic rings. The summed E-state index contributed by atoms with van der Waals surface area (Å²) in [6, 6.07) is 6.16. The highest BCUT2D eigenvalue weighted by Crippen LogP contribution is 2.31. The number of piperazine rings is 1. The number of nitrogens with one attached hydrogen (secondary N) is 1. The van der Waals surface area contributed by atoms with Crippen LogP contribution in [-0.4, -0.2) is 55.8 Å². The van der Waals surface area contributed by atoms with Crippen molar-refractivity contribution in [1.82, 2.24) is 9.62 Å². The van der Waals surface area contributed by atoms with Crippen LogP contribution in [0.15, 0.2) is 41.3 Å². The van der Waals surface area contributed by atoms with Crippen molar-refractivity contribution in [2.24, 2.45) is 0 Å². The lowest BCUT2D eigenvalue weighted by molar-refractivity contribution is -0.384. The Hall–Kier alpha value is -3.12. The summed E-state index contributed by atoms with van der Waals surface area (Å²) in [7, 11) is -4.27. The number of nitrogens with zero attached hydrogens (tertiary/aromatic N) is 3. The number of rotatable bonds is 6. The summed E-state index contributed by atoms with van der Waals surface area (Å²) < 4.78 is 53.9. The molecule has 9 nitrogen and oxygen atoms in total. The first-order valence-electron chi connectivity index (χ1n) is 9.80. The zero-order valence-electron chi connectivity index (χ0n) is 17.4. The van der Waals surface area contributed by atoms with Gasteiger partial charge in [0.25, 0.3) is 11.6 Å². The standard InChI is InChI=1S/C20H22F2N4O5S/c1-13(2)23-20(27)14-3-6-17(18(11-14)26(28)29)24-7-9-25(10-8-24)32(30,31)19-12-15(21)4-5-16(19)22/h3-6,11-13H,7-10H2,1-2H3,(H,23,27). The predicted octanol–water partition coefficient (Wildman–Crippen LogP) is 2.52. The normalized spacial score (nSPS) is 15.1. The van der Waals surface area contributed by atoms with E-state index < -0.39 is 37.4 Å². The van der Waals surface area contributed by atoms with Crippen molar-refractivity contribution in [1.29, 1.82) is 0 Å². The summed E-state index contributed by atoms with van der Waals surface area (Å²) in [5.74, 6) is -2.37. The van der Waals surface area contributed by atoms with Crippen molar-refractivity contribution in [2.45, 2.75) is 24.8 Å². The average Bonchev–Trinajstić information content (AvgIpc) is 2.74. The molecule has 0 saturated carbocycles. The van der Waals surface area contributed by atoms with E-state index >= 15 is 0 Å². The van der Waals surface area contributed by atoms with E-state index in [1.54, 1.807) is 18.7 Å². The van der Waals surface area contributed by atoms with E-state index in [9.17, 15) is 32.1 Å². The van der Waals surface area contributed by atoms with Crippen LogP contribution in [0.25, 0.3) is 0 Å². The van der Waals surface area contributed by atoms with Gasteiger partial charge in [0.1, 0.15) is 22.2 Å². The third kappa shape index (κ3) is 4.86. The van der Waals surface area contributed by atoms with Crippen LogP contribution in [0.4, 0.5) is 20.2 Å². The lowest BCUT2D eigenvalue weighted by atomic mass is 10.1. The molecule has 1 saturated heterocycles. The summed E-state index contributed by atoms with van der Waals surface area (Å²) in [5.41, 5.74) is 0.0934. The van der Waals surface area contributed by atoms with Crippen molar-refractivity contribution in [3.8, 4) is 0 Å². The first-order valence-corrected chi connectivity index (χ1v) is 11.2. The fourth-order valence-electron chi connectivity index (χ4n) is 3.41. The van der Waals surface area contributed by atoms with Gasteiger partial charge < -0.3 is 10.2 Å². The first kappa shape index (κ1) is 23.5. The topological polar surface area (TPSA) is 113 Å². The number of sulfonamides is 1. The number of halogens is 2. The maximum atomic E-state index is 14.0. The Kier molecular flexibility index (Phi) is 6.74. The molecule has 0 bridgehead atoms. The molecule has 32 heavy (non-hydrogen) atoms. The summed E-state index contributed by atoms with van der Waals surface area (Å²) in [6.07, 6.45) is 0. The van der Waals surface area contributed by atoms with Crippen molar-refractivity contribution < 1.29 is 26.9 Å². The Labute approximate surface area is 183 Å². The number of nitro groups is 1. The number of hydrogen-bond acceptors (Lipinski definition) is 6. The molecule has 1 heterocycles. The van der Waals surface area contributed by atoms with Crippen LogP contribution in [-0.2, 0) is 10.0 Å². The van der Waals surface area contributed by atoms with E-state index in [0.29, 0.717) is 6.07 Å². The highest BCUT2D eigenvalue weighted by Gasteiger charge is 2.33. The Morgan fingerprint density at radius 1 is 1.09 bits per heavy atom. The molecule has 0 atom stereocenters. The van der Waals surface area contributed by atoms with Gasteiger partial charge in [-0.1, -0.05) is 0 Å². The number of carbonyl (C=O) groups excluding carboxylic acids is 1. The minimum Gasteiger partial charge on any atom is -0.363 e. The zero-order valence-corrected chi connectivity index (χ0v) is 18.2. The summed E-state index contributed by atoms with van der Waals surface area (Å²) >= 11 is 0. The number of anilines is 1. The molecule has 1 fully saturated rings. The van der Waals surface area contributed by atoms with Gasteiger partial charge in [0, 0.05) is 43.9 Å². The van der Waals surface area contributed by atoms with Gasteiger partial charge in [0.05, 0.1) is 4.92 Å². The molecule has 0 unspecified atom stereocenters. The number of hydrogen-bond donors (Lipinski definition) is 1. The minimum atomic E-state index is -4.27. The van der Waals surface area contributed by atoms with E-state index in [1.807, 2.05) is 0 Å². The number of nitro benzene ring substituents is 1. The molecule has 1 aliphatic heterocycles. The van der Waals surface area contributed by atoms with Gasteiger partial charge in [-0.05, 0) is 44.2 Å². The van der Waals surface area contributed by atoms with Crippen LogP contribution >= 0.6 is 0 Å².